The molecule has 0 radical (unpaired) electrons. The number of alkyl halides is 2. The van der Waals surface area contributed by atoms with Gasteiger partial charge in [-0.25, -0.2) is 8.78 Å². The first-order chi connectivity index (χ1) is 20.0. The van der Waals surface area contributed by atoms with Gasteiger partial charge in [0.25, 0.3) is 6.43 Å². The molecule has 3 aromatic rings. The highest BCUT2D eigenvalue weighted by Gasteiger charge is 2.29. The quantitative estimate of drug-likeness (QED) is 0.398. The summed E-state index contributed by atoms with van der Waals surface area (Å²) in [6.07, 6.45) is 6.53. The number of rotatable bonds is 7. The summed E-state index contributed by atoms with van der Waals surface area (Å²) in [6, 6.07) is 6.86. The molecule has 3 N–H and O–H groups in total. The Morgan fingerprint density at radius 1 is 1.12 bits per heavy atom. The largest absolute Gasteiger partial charge is 0.396 e. The summed E-state index contributed by atoms with van der Waals surface area (Å²) in [5.41, 5.74) is 8.74. The highest BCUT2D eigenvalue weighted by molar-refractivity contribution is 5.88. The third-order valence-corrected chi connectivity index (χ3v) is 9.07. The molecule has 4 heterocycles. The molecule has 220 valence electrons. The molecule has 2 saturated heterocycles. The molecular weight excluding hydrogens is 524 g/mol. The Labute approximate surface area is 240 Å². The van der Waals surface area contributed by atoms with Gasteiger partial charge in [0.05, 0.1) is 35.1 Å². The number of aromatic nitrogens is 4. The number of hydrogen-bond acceptors (Lipinski definition) is 6. The van der Waals surface area contributed by atoms with Gasteiger partial charge < -0.3 is 20.7 Å². The van der Waals surface area contributed by atoms with Gasteiger partial charge in [-0.15, -0.1) is 0 Å². The fourth-order valence-electron chi connectivity index (χ4n) is 6.92. The average Bonchev–Trinajstić information content (AvgIpc) is 3.69. The van der Waals surface area contributed by atoms with E-state index in [0.29, 0.717) is 18.6 Å². The van der Waals surface area contributed by atoms with Gasteiger partial charge in [0.1, 0.15) is 6.61 Å². The number of nitrogens with one attached hydrogen (secondary N) is 1. The van der Waals surface area contributed by atoms with Crippen LogP contribution < -0.4 is 11.1 Å². The van der Waals surface area contributed by atoms with Crippen molar-refractivity contribution in [3.8, 4) is 11.8 Å². The molecule has 0 amide bonds. The summed E-state index contributed by atoms with van der Waals surface area (Å²) < 4.78 is 36.1. The van der Waals surface area contributed by atoms with Crippen LogP contribution >= 0.6 is 0 Å². The molecule has 2 atom stereocenters. The lowest BCUT2D eigenvalue weighted by molar-refractivity contribution is 0.0803. The lowest BCUT2D eigenvalue weighted by Gasteiger charge is -2.31. The number of nitrogen functional groups attached to an aromatic ring is 1. The first kappa shape index (κ1) is 28.1. The Bertz CT molecular complexity index is 1390. The van der Waals surface area contributed by atoms with Gasteiger partial charge in [-0.2, -0.15) is 10.2 Å². The van der Waals surface area contributed by atoms with E-state index in [9.17, 15) is 8.78 Å². The van der Waals surface area contributed by atoms with E-state index < -0.39 is 6.43 Å². The highest BCUT2D eigenvalue weighted by Crippen LogP contribution is 2.35. The van der Waals surface area contributed by atoms with Crippen LogP contribution in [-0.4, -0.2) is 69.9 Å². The van der Waals surface area contributed by atoms with Crippen molar-refractivity contribution in [2.75, 3.05) is 45.1 Å². The minimum atomic E-state index is -2.63. The number of piperidine rings is 1. The molecule has 3 fully saturated rings. The van der Waals surface area contributed by atoms with E-state index in [-0.39, 0.29) is 23.5 Å². The Hall–Kier alpha value is -3.00. The van der Waals surface area contributed by atoms with E-state index in [4.69, 9.17) is 15.6 Å². The van der Waals surface area contributed by atoms with Crippen LogP contribution in [0, 0.1) is 24.7 Å². The first-order valence-electron chi connectivity index (χ1n) is 15.1. The van der Waals surface area contributed by atoms with Crippen LogP contribution in [0.4, 0.5) is 14.5 Å². The number of nitrogens with zero attached hydrogens (tertiary/aromatic N) is 5. The van der Waals surface area contributed by atoms with Gasteiger partial charge in [0.15, 0.2) is 5.69 Å². The maximum atomic E-state index is 13.1. The molecule has 41 heavy (non-hydrogen) atoms. The molecule has 1 aromatic carbocycles. The number of hydrogen-bond donors (Lipinski definition) is 2. The van der Waals surface area contributed by atoms with Crippen LogP contribution in [0.1, 0.15) is 80.4 Å². The summed E-state index contributed by atoms with van der Waals surface area (Å²) in [6.45, 7) is 7.59. The Morgan fingerprint density at radius 2 is 1.98 bits per heavy atom. The van der Waals surface area contributed by atoms with Crippen LogP contribution in [0.25, 0.3) is 10.9 Å². The van der Waals surface area contributed by atoms with E-state index in [1.807, 2.05) is 0 Å². The number of aryl methyl sites for hydroxylation is 1. The molecule has 1 unspecified atom stereocenters. The zero-order valence-electron chi connectivity index (χ0n) is 23.9. The average molecular weight is 566 g/mol. The predicted molar refractivity (Wildman–Crippen MR) is 156 cm³/mol. The second-order valence-electron chi connectivity index (χ2n) is 11.9. The monoisotopic (exact) mass is 565 g/mol. The summed E-state index contributed by atoms with van der Waals surface area (Å²) in [5.74, 6) is 7.23. The van der Waals surface area contributed by atoms with Crippen molar-refractivity contribution in [1.29, 1.82) is 0 Å². The third kappa shape index (κ3) is 6.27. The van der Waals surface area contributed by atoms with Crippen LogP contribution in [0.15, 0.2) is 24.4 Å². The van der Waals surface area contributed by atoms with Crippen molar-refractivity contribution < 1.29 is 13.5 Å². The maximum Gasteiger partial charge on any atom is 0.284 e. The predicted octanol–water partition coefficient (Wildman–Crippen LogP) is 4.86. The van der Waals surface area contributed by atoms with Gasteiger partial charge in [-0.1, -0.05) is 17.9 Å². The molecule has 1 saturated carbocycles. The number of likely N-dealkylation sites (tertiary alicyclic amines) is 1. The SMILES string of the molecule is Cc1nn(C2CCCNC2)c2cccc(C#CCO[C@H]3CCN(CC4CCC(n5cc(N)c(C(F)F)n5)CC4)C3)c12. The number of anilines is 1. The third-order valence-electron chi connectivity index (χ3n) is 9.07. The number of halogens is 2. The molecule has 1 aliphatic carbocycles. The number of benzene rings is 1. The van der Waals surface area contributed by atoms with Gasteiger partial charge in [-0.3, -0.25) is 9.36 Å². The van der Waals surface area contributed by atoms with E-state index in [0.717, 1.165) is 93.4 Å². The highest BCUT2D eigenvalue weighted by atomic mass is 19.3. The zero-order valence-corrected chi connectivity index (χ0v) is 23.9. The number of ether oxygens (including phenoxy) is 1. The fraction of sp³-hybridized carbons (Fsp3) is 0.613. The lowest BCUT2D eigenvalue weighted by Crippen LogP contribution is -2.32. The first-order valence-corrected chi connectivity index (χ1v) is 15.1. The van der Waals surface area contributed by atoms with Gasteiger partial charge in [-0.05, 0) is 76.5 Å². The molecule has 2 aromatic heterocycles. The summed E-state index contributed by atoms with van der Waals surface area (Å²) in [5, 5.41) is 13.6. The second-order valence-corrected chi connectivity index (χ2v) is 11.9. The van der Waals surface area contributed by atoms with E-state index >= 15 is 0 Å². The van der Waals surface area contributed by atoms with Crippen molar-refractivity contribution in [3.05, 3.63) is 41.3 Å². The van der Waals surface area contributed by atoms with Crippen LogP contribution in [0.2, 0.25) is 0 Å². The Kier molecular flexibility index (Phi) is 8.56. The van der Waals surface area contributed by atoms with Gasteiger partial charge in [0.2, 0.25) is 0 Å². The summed E-state index contributed by atoms with van der Waals surface area (Å²) in [4.78, 5) is 2.50. The standard InChI is InChI=1S/C31H41F2N7O/c1-21-29-23(5-2-8-28(29)40(36-21)25-7-3-14-35-17-25)6-4-16-41-26-13-15-38(19-26)18-22-9-11-24(12-10-22)39-20-27(34)30(37-39)31(32)33/h2,5,8,20,22,24-26,31,35H,3,7,9-19,34H2,1H3/t22?,24?,25?,26-/m0/s1. The molecular formula is C31H41F2N7O. The normalized spacial score (nSPS) is 25.6. The zero-order chi connectivity index (χ0) is 28.3. The Morgan fingerprint density at radius 3 is 2.73 bits per heavy atom. The van der Waals surface area contributed by atoms with Crippen molar-refractivity contribution >= 4 is 16.6 Å². The molecule has 0 bridgehead atoms. The van der Waals surface area contributed by atoms with Gasteiger partial charge in [0, 0.05) is 43.3 Å². The van der Waals surface area contributed by atoms with Crippen molar-refractivity contribution in [2.45, 2.75) is 76.5 Å². The van der Waals surface area contributed by atoms with Crippen molar-refractivity contribution in [3.63, 3.8) is 0 Å². The Balaban J connectivity index is 0.970. The van der Waals surface area contributed by atoms with E-state index in [2.05, 4.69) is 57.0 Å². The lowest BCUT2D eigenvalue weighted by atomic mass is 9.86. The molecule has 8 nitrogen and oxygen atoms in total. The summed E-state index contributed by atoms with van der Waals surface area (Å²) >= 11 is 0. The van der Waals surface area contributed by atoms with Crippen molar-refractivity contribution in [2.24, 2.45) is 5.92 Å². The minimum Gasteiger partial charge on any atom is -0.396 e. The number of nitrogens with two attached hydrogens (primary N) is 1. The maximum absolute atomic E-state index is 13.1. The van der Waals surface area contributed by atoms with Crippen LogP contribution in [-0.2, 0) is 4.74 Å². The van der Waals surface area contributed by atoms with Crippen molar-refractivity contribution in [1.82, 2.24) is 29.8 Å². The van der Waals surface area contributed by atoms with Crippen LogP contribution in [0.5, 0.6) is 0 Å². The molecule has 6 rings (SSSR count). The minimum absolute atomic E-state index is 0.0885. The molecule has 10 heteroatoms. The van der Waals surface area contributed by atoms with Gasteiger partial charge >= 0.3 is 0 Å². The smallest absolute Gasteiger partial charge is 0.284 e. The topological polar surface area (TPSA) is 86.2 Å². The fourth-order valence-corrected chi connectivity index (χ4v) is 6.92. The second kappa shape index (κ2) is 12.5. The molecule has 2 aliphatic heterocycles. The summed E-state index contributed by atoms with van der Waals surface area (Å²) in [7, 11) is 0. The van der Waals surface area contributed by atoms with Crippen LogP contribution in [0.3, 0.4) is 0 Å². The van der Waals surface area contributed by atoms with E-state index in [1.54, 1.807) is 10.9 Å². The molecule has 3 aliphatic rings. The van der Waals surface area contributed by atoms with E-state index in [1.165, 1.54) is 6.42 Å². The molecule has 0 spiro atoms. The number of fused-ring (bicyclic) bond motifs is 1.